The predicted octanol–water partition coefficient (Wildman–Crippen LogP) is 8.05. The number of nitrogens with zero attached hydrogens (tertiary/aromatic N) is 4. The molecule has 0 bridgehead atoms. The Morgan fingerprint density at radius 1 is 0.956 bits per heavy atom. The Hall–Kier alpha value is -2.82. The third-order valence-electron chi connectivity index (χ3n) is 9.88. The fourth-order valence-electron chi connectivity index (χ4n) is 6.25. The van der Waals surface area contributed by atoms with Gasteiger partial charge in [0.05, 0.1) is 23.9 Å². The van der Waals surface area contributed by atoms with Gasteiger partial charge < -0.3 is 19.2 Å². The minimum Gasteiger partial charge on any atom is -0.444 e. The monoisotopic (exact) mass is 635 g/mol. The second-order valence-corrected chi connectivity index (χ2v) is 20.3. The molecule has 2 aliphatic carbocycles. The Kier molecular flexibility index (Phi) is 10.1. The van der Waals surface area contributed by atoms with Crippen molar-refractivity contribution in [2.45, 2.75) is 135 Å². The Bertz CT molecular complexity index is 1430. The lowest BCUT2D eigenvalue weighted by Gasteiger charge is -2.39. The zero-order valence-electron chi connectivity index (χ0n) is 28.6. The predicted molar refractivity (Wildman–Crippen MR) is 180 cm³/mol. The number of amides is 1. The molecule has 9 nitrogen and oxygen atoms in total. The van der Waals surface area contributed by atoms with Gasteiger partial charge in [-0.1, -0.05) is 20.8 Å². The van der Waals surface area contributed by atoms with Gasteiger partial charge in [-0.2, -0.15) is 5.10 Å². The maximum Gasteiger partial charge on any atom is 0.407 e. The fraction of sp³-hybridized carbons (Fsp3) is 0.657. The molecular weight excluding hydrogens is 583 g/mol. The standard InChI is InChI=1S/C35H53N5O4Si/c1-34(2,3)43-33(41)38-19-24-12-14-25(15-13-24)28-22-39-40-17-16-26(18-29(28)40)27-20-36-32(37-21-27)23-42-30-10-9-11-31(30)44-45(7,8)35(4,5)6/h16-18,20-22,24-25,30-31H,9-15,19,23H2,1-8H3,(H,38,41)/t24?,25?,30-,31-/m0/s1. The zero-order valence-corrected chi connectivity index (χ0v) is 29.6. The molecule has 0 spiro atoms. The second-order valence-electron chi connectivity index (χ2n) is 15.5. The number of pyridine rings is 1. The number of aromatic nitrogens is 4. The molecule has 0 aromatic carbocycles. The Morgan fingerprint density at radius 2 is 1.64 bits per heavy atom. The third-order valence-corrected chi connectivity index (χ3v) is 14.4. The van der Waals surface area contributed by atoms with E-state index in [4.69, 9.17) is 13.9 Å². The molecule has 3 aromatic heterocycles. The first-order valence-electron chi connectivity index (χ1n) is 16.7. The van der Waals surface area contributed by atoms with Crippen LogP contribution in [-0.2, 0) is 20.5 Å². The van der Waals surface area contributed by atoms with E-state index in [1.54, 1.807) is 0 Å². The van der Waals surface area contributed by atoms with Crippen LogP contribution in [0.4, 0.5) is 4.79 Å². The summed E-state index contributed by atoms with van der Waals surface area (Å²) < 4.78 is 20.4. The van der Waals surface area contributed by atoms with Crippen molar-refractivity contribution < 1.29 is 18.7 Å². The summed E-state index contributed by atoms with van der Waals surface area (Å²) in [5, 5.41) is 7.78. The molecule has 1 amide bonds. The number of ether oxygens (including phenoxy) is 2. The number of carbonyl (C=O) groups is 1. The van der Waals surface area contributed by atoms with Gasteiger partial charge in [0.15, 0.2) is 14.1 Å². The van der Waals surface area contributed by atoms with E-state index in [2.05, 4.69) is 66.4 Å². The summed E-state index contributed by atoms with van der Waals surface area (Å²) in [6.07, 6.45) is 15.3. The normalized spacial score (nSPS) is 22.9. The average molecular weight is 636 g/mol. The largest absolute Gasteiger partial charge is 0.444 e. The SMILES string of the molecule is CC(C)(C)OC(=O)NCC1CCC(c2cnn3ccc(-c4cnc(CO[C@H]5CCC[C@@H]5O[Si](C)(C)C(C)(C)C)nc4)cc23)CC1. The quantitative estimate of drug-likeness (QED) is 0.238. The fourth-order valence-corrected chi connectivity index (χ4v) is 7.63. The van der Waals surface area contributed by atoms with Gasteiger partial charge in [-0.15, -0.1) is 0 Å². The lowest BCUT2D eigenvalue weighted by molar-refractivity contribution is -0.0244. The van der Waals surface area contributed by atoms with Crippen LogP contribution < -0.4 is 5.32 Å². The van der Waals surface area contributed by atoms with Crippen LogP contribution in [0, 0.1) is 5.92 Å². The number of nitrogens with one attached hydrogen (secondary N) is 1. The van der Waals surface area contributed by atoms with Crippen LogP contribution in [0.1, 0.15) is 104 Å². The van der Waals surface area contributed by atoms with E-state index >= 15 is 0 Å². The van der Waals surface area contributed by atoms with E-state index < -0.39 is 13.9 Å². The number of hydrogen-bond acceptors (Lipinski definition) is 7. The van der Waals surface area contributed by atoms with Crippen molar-refractivity contribution in [1.82, 2.24) is 24.9 Å². The molecule has 2 fully saturated rings. The second kappa shape index (κ2) is 13.5. The molecular formula is C35H53N5O4Si. The van der Waals surface area contributed by atoms with Crippen LogP contribution in [-0.4, -0.2) is 58.3 Å². The van der Waals surface area contributed by atoms with E-state index in [-0.39, 0.29) is 23.3 Å². The van der Waals surface area contributed by atoms with E-state index in [9.17, 15) is 4.79 Å². The van der Waals surface area contributed by atoms with Crippen molar-refractivity contribution in [2.75, 3.05) is 6.54 Å². The maximum atomic E-state index is 12.1. The van der Waals surface area contributed by atoms with Crippen molar-refractivity contribution in [3.05, 3.63) is 48.3 Å². The van der Waals surface area contributed by atoms with Crippen LogP contribution >= 0.6 is 0 Å². The smallest absolute Gasteiger partial charge is 0.407 e. The van der Waals surface area contributed by atoms with Gasteiger partial charge in [0, 0.05) is 36.3 Å². The van der Waals surface area contributed by atoms with E-state index in [0.29, 0.717) is 30.8 Å². The summed E-state index contributed by atoms with van der Waals surface area (Å²) in [5.41, 5.74) is 3.99. The molecule has 0 saturated heterocycles. The van der Waals surface area contributed by atoms with Crippen LogP contribution in [0.3, 0.4) is 0 Å². The zero-order chi connectivity index (χ0) is 32.4. The summed E-state index contributed by atoms with van der Waals surface area (Å²) in [6, 6.07) is 4.27. The first kappa shape index (κ1) is 33.5. The van der Waals surface area contributed by atoms with Crippen LogP contribution in [0.15, 0.2) is 36.9 Å². The molecule has 246 valence electrons. The van der Waals surface area contributed by atoms with Crippen molar-refractivity contribution in [3.63, 3.8) is 0 Å². The molecule has 1 N–H and O–H groups in total. The molecule has 10 heteroatoms. The molecule has 3 aromatic rings. The number of hydrogen-bond donors (Lipinski definition) is 1. The molecule has 2 aliphatic rings. The number of fused-ring (bicyclic) bond motifs is 1. The highest BCUT2D eigenvalue weighted by atomic mass is 28.4. The van der Waals surface area contributed by atoms with Gasteiger partial charge in [0.1, 0.15) is 12.2 Å². The maximum absolute atomic E-state index is 12.1. The van der Waals surface area contributed by atoms with Gasteiger partial charge in [-0.05, 0) is 113 Å². The van der Waals surface area contributed by atoms with Crippen LogP contribution in [0.5, 0.6) is 0 Å². The summed E-state index contributed by atoms with van der Waals surface area (Å²) in [6.45, 7) is 18.2. The van der Waals surface area contributed by atoms with Gasteiger partial charge in [-0.25, -0.2) is 19.3 Å². The third kappa shape index (κ3) is 8.51. The Labute approximate surface area is 270 Å². The number of carbonyl (C=O) groups excluding carboxylic acids is 1. The molecule has 0 aliphatic heterocycles. The summed E-state index contributed by atoms with van der Waals surface area (Å²) in [7, 11) is -1.85. The Morgan fingerprint density at radius 3 is 2.31 bits per heavy atom. The van der Waals surface area contributed by atoms with Gasteiger partial charge in [-0.3, -0.25) is 0 Å². The first-order valence-corrected chi connectivity index (χ1v) is 19.6. The highest BCUT2D eigenvalue weighted by molar-refractivity contribution is 6.74. The molecule has 2 atom stereocenters. The summed E-state index contributed by atoms with van der Waals surface area (Å²) in [5.74, 6) is 1.61. The molecule has 3 heterocycles. The van der Waals surface area contributed by atoms with E-state index in [0.717, 1.165) is 61.6 Å². The van der Waals surface area contributed by atoms with E-state index in [1.165, 1.54) is 5.56 Å². The van der Waals surface area contributed by atoms with Crippen LogP contribution in [0.2, 0.25) is 18.1 Å². The molecule has 0 radical (unpaired) electrons. The topological polar surface area (TPSA) is 99.9 Å². The molecule has 2 saturated carbocycles. The van der Waals surface area contributed by atoms with Gasteiger partial charge in [0.25, 0.3) is 0 Å². The summed E-state index contributed by atoms with van der Waals surface area (Å²) in [4.78, 5) is 21.4. The molecule has 5 rings (SSSR count). The highest BCUT2D eigenvalue weighted by Crippen LogP contribution is 2.40. The lowest BCUT2D eigenvalue weighted by atomic mass is 9.79. The first-order chi connectivity index (χ1) is 21.2. The molecule has 0 unspecified atom stereocenters. The molecule has 45 heavy (non-hydrogen) atoms. The summed E-state index contributed by atoms with van der Waals surface area (Å²) >= 11 is 0. The van der Waals surface area contributed by atoms with Crippen molar-refractivity contribution in [3.8, 4) is 11.1 Å². The minimum atomic E-state index is -1.85. The number of alkyl carbamates (subject to hydrolysis) is 1. The Balaban J connectivity index is 1.16. The van der Waals surface area contributed by atoms with Crippen molar-refractivity contribution >= 4 is 19.9 Å². The minimum absolute atomic E-state index is 0.0985. The number of rotatable bonds is 9. The van der Waals surface area contributed by atoms with Crippen molar-refractivity contribution in [1.29, 1.82) is 0 Å². The lowest BCUT2D eigenvalue weighted by Crippen LogP contribution is -2.46. The highest BCUT2D eigenvalue weighted by Gasteiger charge is 2.42. The van der Waals surface area contributed by atoms with E-state index in [1.807, 2.05) is 50.1 Å². The van der Waals surface area contributed by atoms with Crippen LogP contribution in [0.25, 0.3) is 16.6 Å². The van der Waals surface area contributed by atoms with Crippen molar-refractivity contribution in [2.24, 2.45) is 5.92 Å². The average Bonchev–Trinajstić information content (AvgIpc) is 3.60. The van der Waals surface area contributed by atoms with Gasteiger partial charge >= 0.3 is 6.09 Å². The van der Waals surface area contributed by atoms with Gasteiger partial charge in [0.2, 0.25) is 0 Å².